The van der Waals surface area contributed by atoms with Crippen LogP contribution in [0.1, 0.15) is 21.0 Å². The van der Waals surface area contributed by atoms with Crippen molar-refractivity contribution in [3.05, 3.63) is 52.9 Å². The van der Waals surface area contributed by atoms with E-state index in [4.69, 9.17) is 17.3 Å². The number of primary amides is 1. The minimum Gasteiger partial charge on any atom is -0.364 e. The molecule has 0 spiro atoms. The van der Waals surface area contributed by atoms with E-state index in [9.17, 15) is 9.59 Å². The first-order valence-corrected chi connectivity index (χ1v) is 5.64. The Morgan fingerprint density at radius 1 is 1.16 bits per heavy atom. The Morgan fingerprint density at radius 2 is 1.95 bits per heavy atom. The van der Waals surface area contributed by atoms with Crippen LogP contribution in [0.25, 0.3) is 0 Å². The van der Waals surface area contributed by atoms with E-state index in [0.717, 1.165) is 0 Å². The zero-order valence-electron chi connectivity index (χ0n) is 9.63. The second-order valence-corrected chi connectivity index (χ2v) is 4.02. The number of amides is 2. The zero-order valence-corrected chi connectivity index (χ0v) is 10.4. The van der Waals surface area contributed by atoms with E-state index in [2.05, 4.69) is 15.3 Å². The highest BCUT2D eigenvalue weighted by atomic mass is 35.5. The largest absolute Gasteiger partial charge is 0.364 e. The Hall–Kier alpha value is -2.47. The van der Waals surface area contributed by atoms with Crippen LogP contribution in [0.4, 0.5) is 5.82 Å². The van der Waals surface area contributed by atoms with Crippen LogP contribution in [-0.4, -0.2) is 21.8 Å². The molecule has 2 rings (SSSR count). The molecule has 0 bridgehead atoms. The number of carbonyl (C=O) groups excluding carboxylic acids is 2. The molecule has 0 aliphatic rings. The number of halogens is 1. The molecule has 0 saturated carbocycles. The van der Waals surface area contributed by atoms with E-state index >= 15 is 0 Å². The number of hydrogen-bond donors (Lipinski definition) is 2. The van der Waals surface area contributed by atoms with E-state index in [1.165, 1.54) is 18.3 Å². The molecule has 96 valence electrons. The number of aromatic nitrogens is 2. The normalized spacial score (nSPS) is 9.95. The minimum absolute atomic E-state index is 0.0712. The van der Waals surface area contributed by atoms with Gasteiger partial charge >= 0.3 is 0 Å². The van der Waals surface area contributed by atoms with E-state index in [1.807, 2.05) is 0 Å². The Labute approximate surface area is 113 Å². The molecule has 0 saturated heterocycles. The van der Waals surface area contributed by atoms with Crippen molar-refractivity contribution in [1.82, 2.24) is 9.97 Å². The molecule has 2 aromatic heterocycles. The molecule has 7 heteroatoms. The number of hydrogen-bond acceptors (Lipinski definition) is 4. The van der Waals surface area contributed by atoms with Gasteiger partial charge in [0.2, 0.25) is 0 Å². The van der Waals surface area contributed by atoms with Crippen LogP contribution >= 0.6 is 11.6 Å². The lowest BCUT2D eigenvalue weighted by molar-refractivity contribution is 0.0990. The van der Waals surface area contributed by atoms with Gasteiger partial charge in [0.15, 0.2) is 0 Å². The smallest absolute Gasteiger partial charge is 0.275 e. The lowest BCUT2D eigenvalue weighted by Gasteiger charge is -2.04. The molecule has 2 amide bonds. The highest BCUT2D eigenvalue weighted by Gasteiger charge is 2.09. The molecule has 0 aliphatic carbocycles. The third kappa shape index (κ3) is 3.26. The van der Waals surface area contributed by atoms with Crippen LogP contribution in [0, 0.1) is 0 Å². The molecule has 2 heterocycles. The lowest BCUT2D eigenvalue weighted by atomic mass is 10.3. The Bertz CT molecular complexity index is 628. The molecule has 19 heavy (non-hydrogen) atoms. The molecule has 0 radical (unpaired) electrons. The van der Waals surface area contributed by atoms with Crippen molar-refractivity contribution < 1.29 is 9.59 Å². The van der Waals surface area contributed by atoms with Gasteiger partial charge in [-0.3, -0.25) is 9.59 Å². The average Bonchev–Trinajstić information content (AvgIpc) is 2.39. The predicted molar refractivity (Wildman–Crippen MR) is 70.0 cm³/mol. The van der Waals surface area contributed by atoms with Crippen molar-refractivity contribution in [3.8, 4) is 0 Å². The van der Waals surface area contributed by atoms with Crippen molar-refractivity contribution in [2.24, 2.45) is 5.73 Å². The van der Waals surface area contributed by atoms with Crippen LogP contribution in [-0.2, 0) is 0 Å². The number of nitrogens with zero attached hydrogens (tertiary/aromatic N) is 2. The summed E-state index contributed by atoms with van der Waals surface area (Å²) in [6.45, 7) is 0. The summed E-state index contributed by atoms with van der Waals surface area (Å²) in [7, 11) is 0. The number of anilines is 1. The van der Waals surface area contributed by atoms with Crippen molar-refractivity contribution in [2.45, 2.75) is 0 Å². The SMILES string of the molecule is NC(=O)c1cccc(NC(=O)c2ccc(Cl)cn2)n1. The summed E-state index contributed by atoms with van der Waals surface area (Å²) in [5, 5.41) is 2.95. The van der Waals surface area contributed by atoms with Crippen molar-refractivity contribution >= 4 is 29.2 Å². The van der Waals surface area contributed by atoms with E-state index in [1.54, 1.807) is 18.2 Å². The van der Waals surface area contributed by atoms with Gasteiger partial charge < -0.3 is 11.1 Å². The van der Waals surface area contributed by atoms with E-state index in [0.29, 0.717) is 5.02 Å². The average molecular weight is 277 g/mol. The summed E-state index contributed by atoms with van der Waals surface area (Å²) in [6, 6.07) is 7.60. The summed E-state index contributed by atoms with van der Waals surface area (Å²) in [6.07, 6.45) is 1.36. The Morgan fingerprint density at radius 3 is 2.58 bits per heavy atom. The fourth-order valence-electron chi connectivity index (χ4n) is 1.33. The number of carbonyl (C=O) groups is 2. The minimum atomic E-state index is -0.666. The molecule has 0 aromatic carbocycles. The van der Waals surface area contributed by atoms with Crippen LogP contribution in [0.5, 0.6) is 0 Å². The van der Waals surface area contributed by atoms with Crippen molar-refractivity contribution in [1.29, 1.82) is 0 Å². The van der Waals surface area contributed by atoms with Gasteiger partial charge in [0, 0.05) is 6.20 Å². The number of rotatable bonds is 3. The predicted octanol–water partition coefficient (Wildman–Crippen LogP) is 1.48. The van der Waals surface area contributed by atoms with Crippen molar-refractivity contribution in [3.63, 3.8) is 0 Å². The fourth-order valence-corrected chi connectivity index (χ4v) is 1.44. The maximum absolute atomic E-state index is 11.8. The molecule has 3 N–H and O–H groups in total. The first kappa shape index (κ1) is 13.0. The molecule has 0 aliphatic heterocycles. The molecule has 6 nitrogen and oxygen atoms in total. The van der Waals surface area contributed by atoms with Crippen LogP contribution in [0.3, 0.4) is 0 Å². The van der Waals surface area contributed by atoms with Crippen LogP contribution in [0.2, 0.25) is 5.02 Å². The first-order valence-electron chi connectivity index (χ1n) is 5.26. The third-order valence-corrected chi connectivity index (χ3v) is 2.43. The number of pyridine rings is 2. The van der Waals surface area contributed by atoms with Gasteiger partial charge in [-0.1, -0.05) is 17.7 Å². The van der Waals surface area contributed by atoms with Crippen LogP contribution in [0.15, 0.2) is 36.5 Å². The monoisotopic (exact) mass is 276 g/mol. The topological polar surface area (TPSA) is 98.0 Å². The fraction of sp³-hybridized carbons (Fsp3) is 0. The van der Waals surface area contributed by atoms with Gasteiger partial charge in [0.25, 0.3) is 11.8 Å². The second kappa shape index (κ2) is 5.45. The third-order valence-electron chi connectivity index (χ3n) is 2.20. The summed E-state index contributed by atoms with van der Waals surface area (Å²) in [5.41, 5.74) is 5.36. The number of nitrogens with one attached hydrogen (secondary N) is 1. The van der Waals surface area contributed by atoms with Gasteiger partial charge in [0.05, 0.1) is 5.02 Å². The summed E-state index contributed by atoms with van der Waals surface area (Å²) < 4.78 is 0. The lowest BCUT2D eigenvalue weighted by Crippen LogP contribution is -2.17. The molecular formula is C12H9ClN4O2. The molecule has 2 aromatic rings. The zero-order chi connectivity index (χ0) is 13.8. The second-order valence-electron chi connectivity index (χ2n) is 3.59. The van der Waals surface area contributed by atoms with Gasteiger partial charge in [-0.25, -0.2) is 9.97 Å². The van der Waals surface area contributed by atoms with E-state index in [-0.39, 0.29) is 17.2 Å². The van der Waals surface area contributed by atoms with Gasteiger partial charge in [-0.2, -0.15) is 0 Å². The molecular weight excluding hydrogens is 268 g/mol. The summed E-state index contributed by atoms with van der Waals surface area (Å²) in [5.74, 6) is -0.899. The standard InChI is InChI=1S/C12H9ClN4O2/c13-7-4-5-9(15-6-7)12(19)17-10-3-1-2-8(16-10)11(14)18/h1-6H,(H2,14,18)(H,16,17,19). The quantitative estimate of drug-likeness (QED) is 0.887. The highest BCUT2D eigenvalue weighted by Crippen LogP contribution is 2.09. The molecule has 0 unspecified atom stereocenters. The Balaban J connectivity index is 2.17. The maximum Gasteiger partial charge on any atom is 0.275 e. The Kier molecular flexibility index (Phi) is 3.72. The summed E-state index contributed by atoms with van der Waals surface area (Å²) >= 11 is 5.67. The molecule has 0 atom stereocenters. The number of nitrogens with two attached hydrogens (primary N) is 1. The summed E-state index contributed by atoms with van der Waals surface area (Å²) in [4.78, 5) is 30.6. The van der Waals surface area contributed by atoms with Crippen molar-refractivity contribution in [2.75, 3.05) is 5.32 Å². The van der Waals surface area contributed by atoms with Gasteiger partial charge in [-0.05, 0) is 24.3 Å². The van der Waals surface area contributed by atoms with Crippen LogP contribution < -0.4 is 11.1 Å². The van der Waals surface area contributed by atoms with Gasteiger partial charge in [-0.15, -0.1) is 0 Å². The van der Waals surface area contributed by atoms with E-state index < -0.39 is 11.8 Å². The van der Waals surface area contributed by atoms with Gasteiger partial charge in [0.1, 0.15) is 17.2 Å². The maximum atomic E-state index is 11.8. The molecule has 0 fully saturated rings. The first-order chi connectivity index (χ1) is 9.06. The highest BCUT2D eigenvalue weighted by molar-refractivity contribution is 6.30.